The molecule has 0 aromatic carbocycles. The van der Waals surface area contributed by atoms with Crippen LogP contribution in [0.5, 0.6) is 0 Å². The Morgan fingerprint density at radius 1 is 0.547 bits per heavy atom. The number of nitrogens with two attached hydrogens (primary N) is 1. The Hall–Kier alpha value is -2.15. The van der Waals surface area contributed by atoms with Gasteiger partial charge in [-0.2, -0.15) is 0 Å². The molecule has 0 fully saturated rings. The van der Waals surface area contributed by atoms with Crippen molar-refractivity contribution in [1.29, 1.82) is 0 Å². The smallest absolute Gasteiger partial charge is 0.326 e. The summed E-state index contributed by atoms with van der Waals surface area (Å²) in [4.78, 5) is 36.4. The molecule has 7 nitrogen and oxygen atoms in total. The summed E-state index contributed by atoms with van der Waals surface area (Å²) in [6.07, 6.45) is 46.5. The van der Waals surface area contributed by atoms with E-state index in [9.17, 15) is 19.5 Å². The molecule has 7 heteroatoms. The van der Waals surface area contributed by atoms with Gasteiger partial charge in [-0.3, -0.25) is 9.59 Å². The summed E-state index contributed by atoms with van der Waals surface area (Å²) in [5.74, 6) is -1.25. The maximum absolute atomic E-state index is 12.8. The van der Waals surface area contributed by atoms with Gasteiger partial charge in [0.2, 0.25) is 5.91 Å². The molecule has 0 aliphatic rings. The Labute approximate surface area is 327 Å². The Morgan fingerprint density at radius 3 is 1.53 bits per heavy atom. The molecule has 0 saturated carbocycles. The van der Waals surface area contributed by atoms with E-state index in [2.05, 4.69) is 43.5 Å². The molecule has 0 aromatic rings. The number of esters is 1. The van der Waals surface area contributed by atoms with Crippen LogP contribution in [0.3, 0.4) is 0 Å². The van der Waals surface area contributed by atoms with Crippen LogP contribution in [0.1, 0.15) is 232 Å². The number of carboxylic acid groups (broad SMARTS) is 1. The topological polar surface area (TPSA) is 119 Å². The van der Waals surface area contributed by atoms with E-state index >= 15 is 0 Å². The van der Waals surface area contributed by atoms with E-state index in [4.69, 9.17) is 10.5 Å². The maximum Gasteiger partial charge on any atom is 0.326 e. The van der Waals surface area contributed by atoms with Gasteiger partial charge in [-0.25, -0.2) is 4.79 Å². The van der Waals surface area contributed by atoms with Crippen molar-refractivity contribution in [2.24, 2.45) is 5.73 Å². The number of carbonyl (C=O) groups excluding carboxylic acids is 2. The van der Waals surface area contributed by atoms with Crippen molar-refractivity contribution < 1.29 is 24.2 Å². The minimum atomic E-state index is -1.01. The summed E-state index contributed by atoms with van der Waals surface area (Å²) in [7, 11) is 0. The quantitative estimate of drug-likeness (QED) is 0.0325. The second-order valence-corrected chi connectivity index (χ2v) is 15.5. The van der Waals surface area contributed by atoms with E-state index in [-0.39, 0.29) is 18.0 Å². The lowest BCUT2D eigenvalue weighted by Crippen LogP contribution is -2.40. The van der Waals surface area contributed by atoms with Crippen LogP contribution in [-0.2, 0) is 19.1 Å². The van der Waals surface area contributed by atoms with Crippen molar-refractivity contribution in [3.8, 4) is 0 Å². The first kappa shape index (κ1) is 50.9. The fourth-order valence-electron chi connectivity index (χ4n) is 6.84. The molecule has 0 aliphatic heterocycles. The van der Waals surface area contributed by atoms with Gasteiger partial charge in [-0.05, 0) is 83.6 Å². The molecule has 310 valence electrons. The predicted octanol–water partition coefficient (Wildman–Crippen LogP) is 12.8. The summed E-state index contributed by atoms with van der Waals surface area (Å²) in [6.45, 7) is 4.93. The highest BCUT2D eigenvalue weighted by Crippen LogP contribution is 2.18. The van der Waals surface area contributed by atoms with Crippen molar-refractivity contribution >= 4 is 17.8 Å². The number of amides is 1. The summed E-state index contributed by atoms with van der Waals surface area (Å²) in [5, 5.41) is 11.9. The van der Waals surface area contributed by atoms with Crippen LogP contribution >= 0.6 is 0 Å². The van der Waals surface area contributed by atoms with E-state index in [0.29, 0.717) is 32.2 Å². The second kappa shape index (κ2) is 41.0. The molecular formula is C46H86N2O5. The zero-order valence-electron chi connectivity index (χ0n) is 34.9. The maximum atomic E-state index is 12.8. The number of carboxylic acids is 1. The van der Waals surface area contributed by atoms with Gasteiger partial charge < -0.3 is 20.9 Å². The van der Waals surface area contributed by atoms with E-state index in [1.54, 1.807) is 0 Å². The third kappa shape index (κ3) is 37.9. The van der Waals surface area contributed by atoms with Crippen LogP contribution in [0.2, 0.25) is 0 Å². The number of carbonyl (C=O) groups is 3. The van der Waals surface area contributed by atoms with Gasteiger partial charge in [0.1, 0.15) is 12.1 Å². The highest BCUT2D eigenvalue weighted by molar-refractivity contribution is 5.83. The minimum Gasteiger partial charge on any atom is -0.480 e. The Kier molecular flexibility index (Phi) is 39.4. The number of unbranched alkanes of at least 4 members (excludes halogenated alkanes) is 23. The molecule has 0 aliphatic carbocycles. The molecular weight excluding hydrogens is 661 g/mol. The molecule has 0 aromatic heterocycles. The minimum absolute atomic E-state index is 0.0253. The van der Waals surface area contributed by atoms with Crippen LogP contribution in [-0.4, -0.2) is 41.6 Å². The number of allylic oxidation sites excluding steroid dienone is 4. The van der Waals surface area contributed by atoms with Crippen LogP contribution in [0.15, 0.2) is 24.3 Å². The Bertz CT molecular complexity index is 889. The molecule has 0 saturated heterocycles. The summed E-state index contributed by atoms with van der Waals surface area (Å²) in [6, 6.07) is -0.859. The number of rotatable bonds is 41. The monoisotopic (exact) mass is 747 g/mol. The second-order valence-electron chi connectivity index (χ2n) is 15.5. The van der Waals surface area contributed by atoms with Gasteiger partial charge >= 0.3 is 11.9 Å². The molecule has 4 N–H and O–H groups in total. The molecule has 1 amide bonds. The molecule has 0 rings (SSSR count). The van der Waals surface area contributed by atoms with Crippen molar-refractivity contribution in [3.63, 3.8) is 0 Å². The standard InChI is InChI=1S/C46H86N2O5/c1-3-5-7-9-11-13-15-16-17-18-19-21-23-25-30-34-40-45(50)53-42(36-31-27-24-22-20-14-12-10-8-6-4-2)37-32-28-26-29-33-39-44(49)48-43(46(51)52)38-35-41-47/h12,14,22,24,42-43H,3-11,13,15-21,23,25-41,47H2,1-2H3,(H,48,49)(H,51,52)/b14-12-,24-22-. The molecule has 0 radical (unpaired) electrons. The Morgan fingerprint density at radius 2 is 1.00 bits per heavy atom. The largest absolute Gasteiger partial charge is 0.480 e. The SMILES string of the molecule is CCCCC/C=C\C/C=C\CCCC(CCCCCCCC(=O)NC(CCCN)C(=O)O)OC(=O)CCCCCCCCCCCCCCCCCC. The third-order valence-electron chi connectivity index (χ3n) is 10.3. The van der Waals surface area contributed by atoms with Crippen molar-refractivity contribution in [1.82, 2.24) is 5.32 Å². The molecule has 53 heavy (non-hydrogen) atoms. The lowest BCUT2D eigenvalue weighted by molar-refractivity contribution is -0.150. The first-order valence-electron chi connectivity index (χ1n) is 22.7. The third-order valence-corrected chi connectivity index (χ3v) is 10.3. The van der Waals surface area contributed by atoms with Gasteiger partial charge in [-0.15, -0.1) is 0 Å². The number of nitrogens with one attached hydrogen (secondary N) is 1. The average Bonchev–Trinajstić information content (AvgIpc) is 3.14. The van der Waals surface area contributed by atoms with Gasteiger partial charge in [0, 0.05) is 12.8 Å². The molecule has 0 bridgehead atoms. The van der Waals surface area contributed by atoms with Gasteiger partial charge in [-0.1, -0.05) is 167 Å². The van der Waals surface area contributed by atoms with E-state index in [0.717, 1.165) is 77.0 Å². The lowest BCUT2D eigenvalue weighted by atomic mass is 10.0. The zero-order valence-corrected chi connectivity index (χ0v) is 34.9. The van der Waals surface area contributed by atoms with Gasteiger partial charge in [0.25, 0.3) is 0 Å². The van der Waals surface area contributed by atoms with Crippen molar-refractivity contribution in [2.75, 3.05) is 6.54 Å². The fraction of sp³-hybridized carbons (Fsp3) is 0.848. The molecule has 0 spiro atoms. The van der Waals surface area contributed by atoms with E-state index in [1.807, 2.05) is 0 Å². The number of hydrogen-bond donors (Lipinski definition) is 3. The van der Waals surface area contributed by atoms with E-state index in [1.165, 1.54) is 116 Å². The predicted molar refractivity (Wildman–Crippen MR) is 225 cm³/mol. The first-order chi connectivity index (χ1) is 25.9. The Balaban J connectivity index is 4.30. The number of aliphatic carboxylic acids is 1. The molecule has 0 heterocycles. The molecule has 2 atom stereocenters. The van der Waals surface area contributed by atoms with Crippen molar-refractivity contribution in [2.45, 2.75) is 244 Å². The van der Waals surface area contributed by atoms with Gasteiger partial charge in [0.15, 0.2) is 0 Å². The van der Waals surface area contributed by atoms with Gasteiger partial charge in [0.05, 0.1) is 0 Å². The zero-order chi connectivity index (χ0) is 38.9. The molecule has 2 unspecified atom stereocenters. The average molecular weight is 747 g/mol. The van der Waals surface area contributed by atoms with Crippen LogP contribution < -0.4 is 11.1 Å². The fourth-order valence-corrected chi connectivity index (χ4v) is 6.84. The number of hydrogen-bond acceptors (Lipinski definition) is 5. The van der Waals surface area contributed by atoms with Crippen LogP contribution in [0.4, 0.5) is 0 Å². The highest BCUT2D eigenvalue weighted by atomic mass is 16.5. The van der Waals surface area contributed by atoms with Crippen molar-refractivity contribution in [3.05, 3.63) is 24.3 Å². The summed E-state index contributed by atoms with van der Waals surface area (Å²) >= 11 is 0. The summed E-state index contributed by atoms with van der Waals surface area (Å²) < 4.78 is 6.03. The summed E-state index contributed by atoms with van der Waals surface area (Å²) in [5.41, 5.74) is 5.48. The van der Waals surface area contributed by atoms with Crippen LogP contribution in [0, 0.1) is 0 Å². The highest BCUT2D eigenvalue weighted by Gasteiger charge is 2.19. The lowest BCUT2D eigenvalue weighted by Gasteiger charge is -2.18. The number of ether oxygens (including phenoxy) is 1. The first-order valence-corrected chi connectivity index (χ1v) is 22.7. The van der Waals surface area contributed by atoms with Crippen LogP contribution in [0.25, 0.3) is 0 Å². The van der Waals surface area contributed by atoms with E-state index < -0.39 is 12.0 Å². The normalized spacial score (nSPS) is 12.8.